The summed E-state index contributed by atoms with van der Waals surface area (Å²) in [6, 6.07) is 0.457. The third kappa shape index (κ3) is 3.78. The van der Waals surface area contributed by atoms with Gasteiger partial charge in [0.25, 0.3) is 0 Å². The Kier molecular flexibility index (Phi) is 4.78. The lowest BCUT2D eigenvalue weighted by molar-refractivity contribution is -0.123. The van der Waals surface area contributed by atoms with Crippen LogP contribution in [0.15, 0.2) is 0 Å². The molecule has 3 nitrogen and oxygen atoms in total. The van der Waals surface area contributed by atoms with Crippen molar-refractivity contribution in [2.24, 2.45) is 11.7 Å². The molecule has 1 amide bonds. The molecule has 3 N–H and O–H groups in total. The van der Waals surface area contributed by atoms with Gasteiger partial charge in [0.1, 0.15) is 0 Å². The number of hydrogen-bond acceptors (Lipinski definition) is 2. The van der Waals surface area contributed by atoms with E-state index in [9.17, 15) is 4.79 Å². The second-order valence-corrected chi connectivity index (χ2v) is 5.61. The fraction of sp³-hybridized carbons (Fsp3) is 0.923. The highest BCUT2D eigenvalue weighted by molar-refractivity contribution is 5.83. The van der Waals surface area contributed by atoms with Gasteiger partial charge >= 0.3 is 0 Å². The predicted octanol–water partition coefficient (Wildman–Crippen LogP) is 2.20. The first-order valence-corrected chi connectivity index (χ1v) is 6.53. The number of carbonyl (C=O) groups is 1. The lowest BCUT2D eigenvalue weighted by Gasteiger charge is -2.28. The van der Waals surface area contributed by atoms with Crippen molar-refractivity contribution in [3.8, 4) is 0 Å². The molecule has 2 atom stereocenters. The highest BCUT2D eigenvalue weighted by Crippen LogP contribution is 2.26. The molecule has 0 aliphatic heterocycles. The molecule has 0 heterocycles. The van der Waals surface area contributed by atoms with Gasteiger partial charge in [0, 0.05) is 6.04 Å². The average Bonchev–Trinajstić information content (AvgIpc) is 2.42. The van der Waals surface area contributed by atoms with Crippen molar-refractivity contribution in [3.63, 3.8) is 0 Å². The van der Waals surface area contributed by atoms with Gasteiger partial charge in [0.05, 0.1) is 5.54 Å². The Morgan fingerprint density at radius 1 is 1.31 bits per heavy atom. The van der Waals surface area contributed by atoms with E-state index in [2.05, 4.69) is 12.2 Å². The van der Waals surface area contributed by atoms with Crippen molar-refractivity contribution in [1.82, 2.24) is 5.32 Å². The van der Waals surface area contributed by atoms with Gasteiger partial charge in [-0.2, -0.15) is 0 Å². The van der Waals surface area contributed by atoms with E-state index < -0.39 is 5.54 Å². The van der Waals surface area contributed by atoms with Crippen LogP contribution in [0.2, 0.25) is 0 Å². The maximum Gasteiger partial charge on any atom is 0.237 e. The maximum atomic E-state index is 11.3. The van der Waals surface area contributed by atoms with Crippen molar-refractivity contribution < 1.29 is 4.79 Å². The second-order valence-electron chi connectivity index (χ2n) is 5.61. The Labute approximate surface area is 99.2 Å². The van der Waals surface area contributed by atoms with Gasteiger partial charge in [0.15, 0.2) is 0 Å². The number of hydrogen-bond donors (Lipinski definition) is 2. The lowest BCUT2D eigenvalue weighted by Crippen LogP contribution is -2.54. The zero-order chi connectivity index (χ0) is 12.2. The summed E-state index contributed by atoms with van der Waals surface area (Å²) in [7, 11) is 0. The number of carbonyl (C=O) groups excluding carboxylic acids is 1. The quantitative estimate of drug-likeness (QED) is 0.722. The molecule has 3 heteroatoms. The molecule has 2 unspecified atom stereocenters. The van der Waals surface area contributed by atoms with E-state index in [4.69, 9.17) is 5.73 Å². The van der Waals surface area contributed by atoms with Crippen LogP contribution in [0.4, 0.5) is 0 Å². The Balaban J connectivity index is 2.46. The lowest BCUT2D eigenvalue weighted by atomic mass is 9.97. The molecule has 1 rings (SSSR count). The summed E-state index contributed by atoms with van der Waals surface area (Å²) in [5.41, 5.74) is 4.81. The SMILES string of the molecule is CCC1CCCC(NC(C)(C)C(N)=O)CC1. The topological polar surface area (TPSA) is 55.1 Å². The Morgan fingerprint density at radius 2 is 2.00 bits per heavy atom. The highest BCUT2D eigenvalue weighted by atomic mass is 16.1. The van der Waals surface area contributed by atoms with Crippen molar-refractivity contribution in [3.05, 3.63) is 0 Å². The molecule has 94 valence electrons. The van der Waals surface area contributed by atoms with Crippen LogP contribution in [0.3, 0.4) is 0 Å². The fourth-order valence-corrected chi connectivity index (χ4v) is 2.51. The molecule has 1 fully saturated rings. The van der Waals surface area contributed by atoms with Gasteiger partial charge in [-0.3, -0.25) is 4.79 Å². The molecule has 16 heavy (non-hydrogen) atoms. The van der Waals surface area contributed by atoms with Crippen LogP contribution in [0, 0.1) is 5.92 Å². The van der Waals surface area contributed by atoms with Gasteiger partial charge in [-0.15, -0.1) is 0 Å². The number of rotatable bonds is 4. The maximum absolute atomic E-state index is 11.3. The van der Waals surface area contributed by atoms with Gasteiger partial charge in [-0.1, -0.05) is 26.2 Å². The smallest absolute Gasteiger partial charge is 0.237 e. The summed E-state index contributed by atoms with van der Waals surface area (Å²) in [4.78, 5) is 11.3. The Morgan fingerprint density at radius 3 is 2.56 bits per heavy atom. The van der Waals surface area contributed by atoms with Crippen molar-refractivity contribution in [1.29, 1.82) is 0 Å². The van der Waals surface area contributed by atoms with E-state index in [1.54, 1.807) is 0 Å². The van der Waals surface area contributed by atoms with Crippen molar-refractivity contribution in [2.45, 2.75) is 70.9 Å². The monoisotopic (exact) mass is 226 g/mol. The van der Waals surface area contributed by atoms with Crippen LogP contribution in [0.5, 0.6) is 0 Å². The van der Waals surface area contributed by atoms with Crippen LogP contribution in [0.1, 0.15) is 59.3 Å². The first-order valence-electron chi connectivity index (χ1n) is 6.53. The van der Waals surface area contributed by atoms with Gasteiger partial charge in [-0.25, -0.2) is 0 Å². The first-order chi connectivity index (χ1) is 7.45. The summed E-state index contributed by atoms with van der Waals surface area (Å²) in [6.45, 7) is 6.01. The highest BCUT2D eigenvalue weighted by Gasteiger charge is 2.28. The average molecular weight is 226 g/mol. The fourth-order valence-electron chi connectivity index (χ4n) is 2.51. The third-order valence-electron chi connectivity index (χ3n) is 3.85. The minimum absolute atomic E-state index is 0.260. The second kappa shape index (κ2) is 5.67. The normalized spacial score (nSPS) is 27.4. The third-order valence-corrected chi connectivity index (χ3v) is 3.85. The van der Waals surface area contributed by atoms with E-state index in [1.165, 1.54) is 38.5 Å². The van der Waals surface area contributed by atoms with Crippen LogP contribution in [-0.4, -0.2) is 17.5 Å². The van der Waals surface area contributed by atoms with Crippen LogP contribution < -0.4 is 11.1 Å². The molecule has 1 aliphatic carbocycles. The summed E-state index contributed by atoms with van der Waals surface area (Å²) < 4.78 is 0. The van der Waals surface area contributed by atoms with E-state index >= 15 is 0 Å². The Bertz CT molecular complexity index is 238. The molecule has 0 aromatic carbocycles. The van der Waals surface area contributed by atoms with Gasteiger partial charge in [-0.05, 0) is 39.0 Å². The Hall–Kier alpha value is -0.570. The number of nitrogens with one attached hydrogen (secondary N) is 1. The molecule has 0 aromatic heterocycles. The number of amides is 1. The van der Waals surface area contributed by atoms with E-state index in [1.807, 2.05) is 13.8 Å². The molecule has 0 aromatic rings. The standard InChI is InChI=1S/C13H26N2O/c1-4-10-6-5-7-11(9-8-10)15-13(2,3)12(14)16/h10-11,15H,4-9H2,1-3H3,(H2,14,16). The summed E-state index contributed by atoms with van der Waals surface area (Å²) in [5, 5.41) is 3.40. The van der Waals surface area contributed by atoms with Crippen molar-refractivity contribution in [2.75, 3.05) is 0 Å². The van der Waals surface area contributed by atoms with Crippen LogP contribution in [-0.2, 0) is 4.79 Å². The zero-order valence-electron chi connectivity index (χ0n) is 10.9. The first kappa shape index (κ1) is 13.5. The summed E-state index contributed by atoms with van der Waals surface area (Å²) in [6.07, 6.45) is 7.52. The van der Waals surface area contributed by atoms with E-state index in [0.717, 1.165) is 5.92 Å². The molecule has 0 spiro atoms. The summed E-state index contributed by atoms with van der Waals surface area (Å²) >= 11 is 0. The predicted molar refractivity (Wildman–Crippen MR) is 67.1 cm³/mol. The molecule has 1 aliphatic rings. The minimum atomic E-state index is -0.573. The molecule has 0 saturated heterocycles. The number of primary amides is 1. The number of nitrogens with two attached hydrogens (primary N) is 1. The largest absolute Gasteiger partial charge is 0.368 e. The van der Waals surface area contributed by atoms with E-state index in [-0.39, 0.29) is 5.91 Å². The summed E-state index contributed by atoms with van der Waals surface area (Å²) in [5.74, 6) is 0.618. The molecule has 1 saturated carbocycles. The zero-order valence-corrected chi connectivity index (χ0v) is 10.9. The molecule has 0 radical (unpaired) electrons. The van der Waals surface area contributed by atoms with Crippen LogP contribution in [0.25, 0.3) is 0 Å². The van der Waals surface area contributed by atoms with Gasteiger partial charge < -0.3 is 11.1 Å². The molecule has 0 bridgehead atoms. The van der Waals surface area contributed by atoms with Gasteiger partial charge in [0.2, 0.25) is 5.91 Å². The molecular weight excluding hydrogens is 200 g/mol. The van der Waals surface area contributed by atoms with E-state index in [0.29, 0.717) is 6.04 Å². The molecular formula is C13H26N2O. The van der Waals surface area contributed by atoms with Crippen LogP contribution >= 0.6 is 0 Å². The van der Waals surface area contributed by atoms with Crippen molar-refractivity contribution >= 4 is 5.91 Å². The minimum Gasteiger partial charge on any atom is -0.368 e.